The maximum absolute atomic E-state index is 13.1. The van der Waals surface area contributed by atoms with Gasteiger partial charge in [0.2, 0.25) is 11.8 Å². The van der Waals surface area contributed by atoms with Gasteiger partial charge in [0.1, 0.15) is 6.04 Å². The van der Waals surface area contributed by atoms with E-state index in [2.05, 4.69) is 16.0 Å². The van der Waals surface area contributed by atoms with Crippen molar-refractivity contribution in [1.82, 2.24) is 20.9 Å². The predicted molar refractivity (Wildman–Crippen MR) is 112 cm³/mol. The smallest absolute Gasteiger partial charge is 0.262 e. The first-order chi connectivity index (χ1) is 15.0. The van der Waals surface area contributed by atoms with Gasteiger partial charge in [-0.15, -0.1) is 0 Å². The second-order valence-electron chi connectivity index (χ2n) is 9.23. The summed E-state index contributed by atoms with van der Waals surface area (Å²) in [6.07, 6.45) is 6.48. The third-order valence-electron chi connectivity index (χ3n) is 7.17. The van der Waals surface area contributed by atoms with Crippen LogP contribution in [0.4, 0.5) is 0 Å². The van der Waals surface area contributed by atoms with E-state index in [0.29, 0.717) is 29.8 Å². The molecular weight excluding hydrogens is 396 g/mol. The van der Waals surface area contributed by atoms with Gasteiger partial charge in [0.05, 0.1) is 11.1 Å². The topological polar surface area (TPSA) is 108 Å². The molecule has 3 fully saturated rings. The third-order valence-corrected chi connectivity index (χ3v) is 7.17. The van der Waals surface area contributed by atoms with Crippen LogP contribution >= 0.6 is 0 Å². The van der Waals surface area contributed by atoms with Crippen LogP contribution in [0.3, 0.4) is 0 Å². The molecule has 2 bridgehead atoms. The lowest BCUT2D eigenvalue weighted by molar-refractivity contribution is -0.136. The van der Waals surface area contributed by atoms with E-state index in [1.807, 2.05) is 6.07 Å². The molecule has 5 rings (SSSR count). The zero-order chi connectivity index (χ0) is 21.5. The molecule has 8 heteroatoms. The Kier molecular flexibility index (Phi) is 5.35. The van der Waals surface area contributed by atoms with Crippen molar-refractivity contribution in [2.75, 3.05) is 6.54 Å². The lowest BCUT2D eigenvalue weighted by Crippen LogP contribution is -2.54. The van der Waals surface area contributed by atoms with Crippen LogP contribution in [-0.4, -0.2) is 53.2 Å². The van der Waals surface area contributed by atoms with Crippen LogP contribution in [0.2, 0.25) is 0 Å². The number of carbonyl (C=O) groups excluding carboxylic acids is 4. The zero-order valence-corrected chi connectivity index (χ0v) is 17.5. The Bertz CT molecular complexity index is 934. The Morgan fingerprint density at radius 3 is 2.52 bits per heavy atom. The van der Waals surface area contributed by atoms with E-state index in [0.717, 1.165) is 29.3 Å². The summed E-state index contributed by atoms with van der Waals surface area (Å²) < 4.78 is 0. The highest BCUT2D eigenvalue weighted by Gasteiger charge is 2.45. The van der Waals surface area contributed by atoms with E-state index in [9.17, 15) is 19.2 Å². The van der Waals surface area contributed by atoms with Gasteiger partial charge in [-0.1, -0.05) is 12.1 Å². The summed E-state index contributed by atoms with van der Waals surface area (Å²) in [4.78, 5) is 50.7. The summed E-state index contributed by atoms with van der Waals surface area (Å²) in [5.74, 6) is -1.12. The number of amides is 4. The molecule has 0 aromatic heterocycles. The molecule has 164 valence electrons. The van der Waals surface area contributed by atoms with E-state index in [-0.39, 0.29) is 18.7 Å². The molecule has 3 N–H and O–H groups in total. The predicted octanol–water partition coefficient (Wildman–Crippen LogP) is 1.10. The molecular formula is C23H28N4O4. The molecule has 8 nitrogen and oxygen atoms in total. The molecule has 31 heavy (non-hydrogen) atoms. The summed E-state index contributed by atoms with van der Waals surface area (Å²) in [5.41, 5.74) is 1.49. The average Bonchev–Trinajstić information content (AvgIpc) is 3.22. The molecule has 3 saturated heterocycles. The minimum absolute atomic E-state index is 0.122. The van der Waals surface area contributed by atoms with Gasteiger partial charge in [0.15, 0.2) is 0 Å². The zero-order valence-electron chi connectivity index (χ0n) is 17.5. The summed E-state index contributed by atoms with van der Waals surface area (Å²) in [7, 11) is 0. The fourth-order valence-corrected chi connectivity index (χ4v) is 5.67. The third kappa shape index (κ3) is 3.78. The van der Waals surface area contributed by atoms with E-state index >= 15 is 0 Å². The molecule has 0 spiro atoms. The Labute approximate surface area is 181 Å². The molecule has 1 aromatic rings. The maximum atomic E-state index is 13.1. The van der Waals surface area contributed by atoms with Gasteiger partial charge in [-0.3, -0.25) is 29.4 Å². The normalized spacial score (nSPS) is 30.0. The SMILES string of the molecule is O=C1CCC(N2C(=O)c3cccc(CNCCC4CC5CCC(C4)N5)c3C2=O)C(=O)N1. The van der Waals surface area contributed by atoms with E-state index in [1.54, 1.807) is 12.1 Å². The van der Waals surface area contributed by atoms with Gasteiger partial charge >= 0.3 is 0 Å². The average molecular weight is 425 g/mol. The van der Waals surface area contributed by atoms with Crippen LogP contribution in [-0.2, 0) is 16.1 Å². The number of piperidine rings is 2. The molecule has 1 aromatic carbocycles. The number of rotatable bonds is 6. The standard InChI is InChI=1S/C23H28N4O4/c28-19-7-6-18(21(29)26-19)27-22(30)17-3-1-2-14(20(17)23(27)31)12-24-9-8-13-10-15-4-5-16(11-13)25-15/h1-3,13,15-16,18,24-25H,4-12H2,(H,26,28,29). The molecule has 0 radical (unpaired) electrons. The van der Waals surface area contributed by atoms with Gasteiger partial charge in [0, 0.05) is 25.0 Å². The minimum Gasteiger partial charge on any atom is -0.313 e. The monoisotopic (exact) mass is 424 g/mol. The van der Waals surface area contributed by atoms with E-state index in [1.165, 1.54) is 25.7 Å². The number of imide groups is 2. The van der Waals surface area contributed by atoms with Gasteiger partial charge in [-0.05, 0) is 62.6 Å². The lowest BCUT2D eigenvalue weighted by atomic mass is 9.90. The van der Waals surface area contributed by atoms with Crippen LogP contribution in [0.15, 0.2) is 18.2 Å². The largest absolute Gasteiger partial charge is 0.313 e. The van der Waals surface area contributed by atoms with Gasteiger partial charge < -0.3 is 10.6 Å². The molecule has 0 aliphatic carbocycles. The second kappa shape index (κ2) is 8.16. The number of carbonyl (C=O) groups is 4. The van der Waals surface area contributed by atoms with Crippen LogP contribution in [0.5, 0.6) is 0 Å². The molecule has 3 atom stereocenters. The molecule has 4 heterocycles. The van der Waals surface area contributed by atoms with Crippen LogP contribution in [0, 0.1) is 5.92 Å². The van der Waals surface area contributed by atoms with E-state index < -0.39 is 23.8 Å². The van der Waals surface area contributed by atoms with Crippen LogP contribution < -0.4 is 16.0 Å². The van der Waals surface area contributed by atoms with Gasteiger partial charge in [-0.25, -0.2) is 0 Å². The van der Waals surface area contributed by atoms with Crippen molar-refractivity contribution in [3.8, 4) is 0 Å². The Morgan fingerprint density at radius 2 is 1.77 bits per heavy atom. The summed E-state index contributed by atoms with van der Waals surface area (Å²) in [6.45, 7) is 1.37. The van der Waals surface area contributed by atoms with Crippen molar-refractivity contribution in [3.63, 3.8) is 0 Å². The summed E-state index contributed by atoms with van der Waals surface area (Å²) >= 11 is 0. The maximum Gasteiger partial charge on any atom is 0.262 e. The summed E-state index contributed by atoms with van der Waals surface area (Å²) in [6, 6.07) is 5.71. The first-order valence-electron chi connectivity index (χ1n) is 11.3. The van der Waals surface area contributed by atoms with Crippen molar-refractivity contribution in [1.29, 1.82) is 0 Å². The highest BCUT2D eigenvalue weighted by atomic mass is 16.2. The van der Waals surface area contributed by atoms with Crippen molar-refractivity contribution in [3.05, 3.63) is 34.9 Å². The minimum atomic E-state index is -0.929. The van der Waals surface area contributed by atoms with Crippen molar-refractivity contribution >= 4 is 23.6 Å². The lowest BCUT2D eigenvalue weighted by Gasteiger charge is -2.29. The fourth-order valence-electron chi connectivity index (χ4n) is 5.67. The molecule has 4 aliphatic rings. The first-order valence-corrected chi connectivity index (χ1v) is 11.3. The van der Waals surface area contributed by atoms with Crippen molar-refractivity contribution < 1.29 is 19.2 Å². The van der Waals surface area contributed by atoms with Crippen molar-refractivity contribution in [2.45, 2.75) is 69.6 Å². The number of benzene rings is 1. The van der Waals surface area contributed by atoms with Crippen LogP contribution in [0.25, 0.3) is 0 Å². The fraction of sp³-hybridized carbons (Fsp3) is 0.565. The number of fused-ring (bicyclic) bond motifs is 3. The van der Waals surface area contributed by atoms with E-state index in [4.69, 9.17) is 0 Å². The Balaban J connectivity index is 1.23. The number of hydrogen-bond acceptors (Lipinski definition) is 6. The Hall–Kier alpha value is -2.58. The molecule has 3 unspecified atom stereocenters. The summed E-state index contributed by atoms with van der Waals surface area (Å²) in [5, 5.41) is 9.35. The van der Waals surface area contributed by atoms with Crippen LogP contribution in [0.1, 0.15) is 71.2 Å². The van der Waals surface area contributed by atoms with Gasteiger partial charge in [-0.2, -0.15) is 0 Å². The number of nitrogens with one attached hydrogen (secondary N) is 3. The highest BCUT2D eigenvalue weighted by molar-refractivity contribution is 6.24. The number of hydrogen-bond donors (Lipinski definition) is 3. The molecule has 4 aliphatic heterocycles. The highest BCUT2D eigenvalue weighted by Crippen LogP contribution is 2.33. The number of nitrogens with zero attached hydrogens (tertiary/aromatic N) is 1. The Morgan fingerprint density at radius 1 is 1.00 bits per heavy atom. The quantitative estimate of drug-likeness (QED) is 0.466. The molecule has 4 amide bonds. The van der Waals surface area contributed by atoms with Gasteiger partial charge in [0.25, 0.3) is 11.8 Å². The molecule has 0 saturated carbocycles. The first kappa shape index (κ1) is 20.3. The second-order valence-corrected chi connectivity index (χ2v) is 9.23. The van der Waals surface area contributed by atoms with Crippen molar-refractivity contribution in [2.24, 2.45) is 5.92 Å².